The Morgan fingerprint density at radius 2 is 2.00 bits per heavy atom. The molecule has 1 aliphatic heterocycles. The van der Waals surface area contributed by atoms with Crippen LogP contribution in [0.4, 0.5) is 5.69 Å². The van der Waals surface area contributed by atoms with Crippen molar-refractivity contribution < 1.29 is 9.59 Å². The van der Waals surface area contributed by atoms with E-state index in [1.807, 2.05) is 35.7 Å². The fourth-order valence-corrected chi connectivity index (χ4v) is 4.69. The van der Waals surface area contributed by atoms with Gasteiger partial charge in [0.05, 0.1) is 10.6 Å². The fraction of sp³-hybridized carbons (Fsp3) is 0.125. The van der Waals surface area contributed by atoms with Crippen molar-refractivity contribution >= 4 is 49.5 Å². The lowest BCUT2D eigenvalue weighted by molar-refractivity contribution is 0.0957. The van der Waals surface area contributed by atoms with E-state index < -0.39 is 0 Å². The number of rotatable bonds is 1. The largest absolute Gasteiger partial charge is 0.306 e. The number of hydrogen-bond donors (Lipinski definition) is 0. The summed E-state index contributed by atoms with van der Waals surface area (Å²) in [6.45, 7) is 0.459. The molecule has 0 unspecified atom stereocenters. The molecule has 1 aromatic carbocycles. The Hall–Kier alpha value is -1.98. The van der Waals surface area contributed by atoms with Gasteiger partial charge in [-0.15, -0.1) is 22.7 Å². The standard InChI is InChI=1S/C16H11NO2S2/c18-12-5-7-17(11-4-2-1-3-10(11)12)16(19)15-9-14-13(21-15)6-8-20-14/h1-4,6,8-9H,5,7H2. The maximum Gasteiger partial charge on any atom is 0.268 e. The number of carbonyl (C=O) groups excluding carboxylic acids is 2. The van der Waals surface area contributed by atoms with E-state index in [2.05, 4.69) is 0 Å². The van der Waals surface area contributed by atoms with Crippen LogP contribution in [0.15, 0.2) is 41.8 Å². The van der Waals surface area contributed by atoms with E-state index in [9.17, 15) is 9.59 Å². The minimum Gasteiger partial charge on any atom is -0.306 e. The van der Waals surface area contributed by atoms with Crippen LogP contribution in [0.3, 0.4) is 0 Å². The van der Waals surface area contributed by atoms with Crippen LogP contribution in [0.25, 0.3) is 9.40 Å². The van der Waals surface area contributed by atoms with Crippen LogP contribution in [-0.4, -0.2) is 18.2 Å². The Morgan fingerprint density at radius 1 is 1.14 bits per heavy atom. The lowest BCUT2D eigenvalue weighted by Gasteiger charge is -2.28. The molecule has 2 aromatic heterocycles. The summed E-state index contributed by atoms with van der Waals surface area (Å²) in [6, 6.07) is 11.3. The normalized spacial score (nSPS) is 14.5. The Kier molecular flexibility index (Phi) is 2.90. The molecule has 4 rings (SSSR count). The summed E-state index contributed by atoms with van der Waals surface area (Å²) in [5, 5.41) is 2.03. The summed E-state index contributed by atoms with van der Waals surface area (Å²) in [4.78, 5) is 27.2. The van der Waals surface area contributed by atoms with E-state index in [0.717, 1.165) is 20.0 Å². The Labute approximate surface area is 129 Å². The van der Waals surface area contributed by atoms with Gasteiger partial charge in [0.1, 0.15) is 0 Å². The highest BCUT2D eigenvalue weighted by Gasteiger charge is 2.28. The highest BCUT2D eigenvalue weighted by molar-refractivity contribution is 7.27. The first-order chi connectivity index (χ1) is 10.2. The van der Waals surface area contributed by atoms with Gasteiger partial charge in [-0.05, 0) is 29.6 Å². The van der Waals surface area contributed by atoms with Gasteiger partial charge in [-0.3, -0.25) is 9.59 Å². The summed E-state index contributed by atoms with van der Waals surface area (Å²) in [5.74, 6) is 0.102. The van der Waals surface area contributed by atoms with Gasteiger partial charge >= 0.3 is 0 Å². The smallest absolute Gasteiger partial charge is 0.268 e. The van der Waals surface area contributed by atoms with Gasteiger partial charge in [-0.1, -0.05) is 12.1 Å². The van der Waals surface area contributed by atoms with Crippen molar-refractivity contribution in [1.29, 1.82) is 0 Å². The molecule has 0 fully saturated rings. The zero-order valence-electron chi connectivity index (χ0n) is 11.0. The number of amides is 1. The number of carbonyl (C=O) groups is 2. The average Bonchev–Trinajstić information content (AvgIpc) is 3.08. The molecule has 21 heavy (non-hydrogen) atoms. The lowest BCUT2D eigenvalue weighted by atomic mass is 10.0. The monoisotopic (exact) mass is 313 g/mol. The van der Waals surface area contributed by atoms with Gasteiger partial charge in [0.2, 0.25) is 0 Å². The number of para-hydroxylation sites is 1. The van der Waals surface area contributed by atoms with Crippen LogP contribution < -0.4 is 4.90 Å². The topological polar surface area (TPSA) is 37.4 Å². The molecule has 3 aromatic rings. The molecule has 0 saturated carbocycles. The predicted octanol–water partition coefficient (Wildman–Crippen LogP) is 4.20. The molecule has 1 amide bonds. The number of fused-ring (bicyclic) bond motifs is 2. The molecule has 0 N–H and O–H groups in total. The average molecular weight is 313 g/mol. The zero-order chi connectivity index (χ0) is 14.4. The molecule has 3 heterocycles. The van der Waals surface area contributed by atoms with Crippen molar-refractivity contribution in [3.8, 4) is 0 Å². The fourth-order valence-electron chi connectivity index (χ4n) is 2.63. The number of ketones is 1. The summed E-state index contributed by atoms with van der Waals surface area (Å²) >= 11 is 3.16. The van der Waals surface area contributed by atoms with Crippen molar-refractivity contribution in [2.45, 2.75) is 6.42 Å². The second-order valence-electron chi connectivity index (χ2n) is 4.91. The molecular formula is C16H11NO2S2. The van der Waals surface area contributed by atoms with E-state index in [1.165, 1.54) is 11.3 Å². The van der Waals surface area contributed by atoms with Crippen molar-refractivity contribution in [1.82, 2.24) is 0 Å². The van der Waals surface area contributed by atoms with Gasteiger partial charge < -0.3 is 4.90 Å². The number of anilines is 1. The highest BCUT2D eigenvalue weighted by atomic mass is 32.1. The van der Waals surface area contributed by atoms with Gasteiger partial charge in [-0.2, -0.15) is 0 Å². The van der Waals surface area contributed by atoms with Crippen LogP contribution >= 0.6 is 22.7 Å². The summed E-state index contributed by atoms with van der Waals surface area (Å²) in [6.07, 6.45) is 0.391. The number of nitrogens with zero attached hydrogens (tertiary/aromatic N) is 1. The Bertz CT molecular complexity index is 833. The van der Waals surface area contributed by atoms with Gasteiger partial charge in [0.15, 0.2) is 5.78 Å². The zero-order valence-corrected chi connectivity index (χ0v) is 12.7. The van der Waals surface area contributed by atoms with E-state index in [0.29, 0.717) is 18.5 Å². The third-order valence-electron chi connectivity index (χ3n) is 3.65. The first-order valence-corrected chi connectivity index (χ1v) is 8.35. The number of hydrogen-bond acceptors (Lipinski definition) is 4. The maximum atomic E-state index is 12.8. The maximum absolute atomic E-state index is 12.8. The third-order valence-corrected chi connectivity index (χ3v) is 5.73. The van der Waals surface area contributed by atoms with Crippen molar-refractivity contribution in [3.63, 3.8) is 0 Å². The molecule has 5 heteroatoms. The van der Waals surface area contributed by atoms with E-state index in [4.69, 9.17) is 0 Å². The Balaban J connectivity index is 1.76. The highest BCUT2D eigenvalue weighted by Crippen LogP contribution is 2.33. The molecule has 0 atom stereocenters. The molecule has 0 saturated heterocycles. The molecule has 0 aliphatic carbocycles. The van der Waals surface area contributed by atoms with E-state index in [1.54, 1.807) is 22.3 Å². The summed E-state index contributed by atoms with van der Waals surface area (Å²) in [7, 11) is 0. The molecule has 0 bridgehead atoms. The van der Waals surface area contributed by atoms with E-state index >= 15 is 0 Å². The van der Waals surface area contributed by atoms with Crippen molar-refractivity contribution in [2.75, 3.05) is 11.4 Å². The van der Waals surface area contributed by atoms with Gasteiger partial charge in [-0.25, -0.2) is 0 Å². The quantitative estimate of drug-likeness (QED) is 0.675. The number of Topliss-reactive ketones (excluding diaryl/α,β-unsaturated/α-hetero) is 1. The van der Waals surface area contributed by atoms with Crippen LogP contribution in [0.2, 0.25) is 0 Å². The van der Waals surface area contributed by atoms with Crippen LogP contribution in [-0.2, 0) is 0 Å². The minimum atomic E-state index is -0.0108. The molecule has 104 valence electrons. The predicted molar refractivity (Wildman–Crippen MR) is 86.8 cm³/mol. The van der Waals surface area contributed by atoms with Crippen LogP contribution in [0, 0.1) is 0 Å². The molecule has 3 nitrogen and oxygen atoms in total. The first kappa shape index (κ1) is 12.7. The second-order valence-corrected chi connectivity index (χ2v) is 6.94. The molecule has 1 aliphatic rings. The minimum absolute atomic E-state index is 0.0108. The van der Waals surface area contributed by atoms with Gasteiger partial charge in [0.25, 0.3) is 5.91 Å². The van der Waals surface area contributed by atoms with Crippen LogP contribution in [0.1, 0.15) is 26.5 Å². The molecule has 0 spiro atoms. The SMILES string of the molecule is O=C1CCN(C(=O)c2cc3sccc3s2)c2ccccc21. The first-order valence-electron chi connectivity index (χ1n) is 6.65. The van der Waals surface area contributed by atoms with Crippen molar-refractivity contribution in [2.24, 2.45) is 0 Å². The molecule has 0 radical (unpaired) electrons. The number of benzene rings is 1. The third kappa shape index (κ3) is 2.01. The van der Waals surface area contributed by atoms with E-state index in [-0.39, 0.29) is 11.7 Å². The second kappa shape index (κ2) is 4.79. The van der Waals surface area contributed by atoms with Crippen LogP contribution in [0.5, 0.6) is 0 Å². The van der Waals surface area contributed by atoms with Crippen molar-refractivity contribution in [3.05, 3.63) is 52.2 Å². The summed E-state index contributed by atoms with van der Waals surface area (Å²) < 4.78 is 2.29. The summed E-state index contributed by atoms with van der Waals surface area (Å²) in [5.41, 5.74) is 1.38. The lowest BCUT2D eigenvalue weighted by Crippen LogP contribution is -2.37. The van der Waals surface area contributed by atoms with Gasteiger partial charge in [0, 0.05) is 27.9 Å². The Morgan fingerprint density at radius 3 is 2.86 bits per heavy atom. The molecular weight excluding hydrogens is 302 g/mol. The number of thiophene rings is 2.